The van der Waals surface area contributed by atoms with E-state index in [1.165, 1.54) is 11.1 Å². The molecule has 1 aromatic heterocycles. The van der Waals surface area contributed by atoms with Crippen molar-refractivity contribution in [2.24, 2.45) is 0 Å². The summed E-state index contributed by atoms with van der Waals surface area (Å²) in [4.78, 5) is 4.41. The van der Waals surface area contributed by atoms with Gasteiger partial charge in [-0.15, -0.1) is 0 Å². The smallest absolute Gasteiger partial charge is 0.201 e. The van der Waals surface area contributed by atoms with E-state index in [4.69, 9.17) is 10.5 Å². The molecule has 2 N–H and O–H groups in total. The highest BCUT2D eigenvalue weighted by Crippen LogP contribution is 2.20. The van der Waals surface area contributed by atoms with E-state index >= 15 is 0 Å². The molecule has 0 unspecified atom stereocenters. The van der Waals surface area contributed by atoms with E-state index in [0.717, 1.165) is 29.7 Å². The van der Waals surface area contributed by atoms with E-state index in [1.54, 1.807) is 7.11 Å². The van der Waals surface area contributed by atoms with Crippen molar-refractivity contribution in [3.8, 4) is 5.75 Å². The number of hydrogen-bond donors (Lipinski definition) is 1. The molecule has 0 amide bonds. The van der Waals surface area contributed by atoms with Gasteiger partial charge in [0.15, 0.2) is 0 Å². The quantitative estimate of drug-likeness (QED) is 0.799. The van der Waals surface area contributed by atoms with Gasteiger partial charge in [0.25, 0.3) is 0 Å². The second-order valence-electron chi connectivity index (χ2n) is 5.21. The van der Waals surface area contributed by atoms with Crippen LogP contribution in [0.1, 0.15) is 11.1 Å². The number of anilines is 1. The Bertz CT molecular complexity index is 760. The molecule has 3 aromatic rings. The summed E-state index contributed by atoms with van der Waals surface area (Å²) in [5.74, 6) is 1.45. The third-order valence-corrected chi connectivity index (χ3v) is 3.72. The van der Waals surface area contributed by atoms with Crippen LogP contribution in [0.5, 0.6) is 5.75 Å². The standard InChI is InChI=1S/C17H19N3O/c1-12-3-8-15-16(11-12)20(17(18)19-15)10-9-13-4-6-14(21-2)7-5-13/h3-8,11H,9-10H2,1-2H3,(H2,18,19). The van der Waals surface area contributed by atoms with Gasteiger partial charge in [0.1, 0.15) is 5.75 Å². The summed E-state index contributed by atoms with van der Waals surface area (Å²) < 4.78 is 7.25. The Morgan fingerprint density at radius 2 is 1.90 bits per heavy atom. The first-order valence-electron chi connectivity index (χ1n) is 7.02. The van der Waals surface area contributed by atoms with Crippen LogP contribution >= 0.6 is 0 Å². The van der Waals surface area contributed by atoms with Crippen LogP contribution in [0, 0.1) is 6.92 Å². The lowest BCUT2D eigenvalue weighted by Gasteiger charge is -2.08. The van der Waals surface area contributed by atoms with Gasteiger partial charge in [-0.05, 0) is 48.7 Å². The number of rotatable bonds is 4. The van der Waals surface area contributed by atoms with E-state index < -0.39 is 0 Å². The van der Waals surface area contributed by atoms with E-state index in [2.05, 4.69) is 40.7 Å². The third kappa shape index (κ3) is 2.70. The molecule has 0 aliphatic rings. The molecule has 0 spiro atoms. The van der Waals surface area contributed by atoms with Crippen molar-refractivity contribution in [3.05, 3.63) is 53.6 Å². The van der Waals surface area contributed by atoms with Gasteiger partial charge in [-0.2, -0.15) is 0 Å². The van der Waals surface area contributed by atoms with E-state index in [0.29, 0.717) is 5.95 Å². The van der Waals surface area contributed by atoms with Gasteiger partial charge in [-0.25, -0.2) is 4.98 Å². The van der Waals surface area contributed by atoms with Crippen molar-refractivity contribution in [1.29, 1.82) is 0 Å². The highest BCUT2D eigenvalue weighted by atomic mass is 16.5. The Kier molecular flexibility index (Phi) is 3.52. The summed E-state index contributed by atoms with van der Waals surface area (Å²) >= 11 is 0. The van der Waals surface area contributed by atoms with Crippen molar-refractivity contribution in [2.45, 2.75) is 19.9 Å². The van der Waals surface area contributed by atoms with Crippen LogP contribution in [0.3, 0.4) is 0 Å². The Hall–Kier alpha value is -2.49. The van der Waals surface area contributed by atoms with Crippen LogP contribution in [-0.4, -0.2) is 16.7 Å². The molecule has 21 heavy (non-hydrogen) atoms. The molecule has 3 rings (SSSR count). The highest BCUT2D eigenvalue weighted by molar-refractivity contribution is 5.79. The van der Waals surface area contributed by atoms with E-state index in [-0.39, 0.29) is 0 Å². The van der Waals surface area contributed by atoms with Crippen LogP contribution < -0.4 is 10.5 Å². The molecule has 4 heteroatoms. The molecule has 0 radical (unpaired) electrons. The molecule has 0 bridgehead atoms. The van der Waals surface area contributed by atoms with Crippen LogP contribution in [0.25, 0.3) is 11.0 Å². The lowest BCUT2D eigenvalue weighted by atomic mass is 10.1. The predicted molar refractivity (Wildman–Crippen MR) is 85.6 cm³/mol. The lowest BCUT2D eigenvalue weighted by molar-refractivity contribution is 0.414. The lowest BCUT2D eigenvalue weighted by Crippen LogP contribution is -2.05. The largest absolute Gasteiger partial charge is 0.497 e. The maximum atomic E-state index is 6.05. The summed E-state index contributed by atoms with van der Waals surface area (Å²) in [7, 11) is 1.68. The maximum Gasteiger partial charge on any atom is 0.201 e. The fourth-order valence-corrected chi connectivity index (χ4v) is 2.52. The Morgan fingerprint density at radius 1 is 1.14 bits per heavy atom. The molecule has 0 atom stereocenters. The summed E-state index contributed by atoms with van der Waals surface area (Å²) in [6, 6.07) is 14.3. The molecule has 0 aliphatic carbocycles. The molecule has 0 saturated carbocycles. The number of nitrogens with two attached hydrogens (primary N) is 1. The summed E-state index contributed by atoms with van der Waals surface area (Å²) in [6.45, 7) is 2.90. The minimum Gasteiger partial charge on any atom is -0.497 e. The molecular weight excluding hydrogens is 262 g/mol. The first-order chi connectivity index (χ1) is 10.2. The monoisotopic (exact) mass is 281 g/mol. The SMILES string of the molecule is COc1ccc(CCn2c(N)nc3ccc(C)cc32)cc1. The zero-order chi connectivity index (χ0) is 14.8. The molecule has 1 heterocycles. The predicted octanol–water partition coefficient (Wildman–Crippen LogP) is 3.18. The summed E-state index contributed by atoms with van der Waals surface area (Å²) in [5, 5.41) is 0. The second-order valence-corrected chi connectivity index (χ2v) is 5.21. The highest BCUT2D eigenvalue weighted by Gasteiger charge is 2.08. The average Bonchev–Trinajstić information content (AvgIpc) is 2.80. The number of imidazole rings is 1. The molecule has 0 fully saturated rings. The first kappa shape index (κ1) is 13.5. The zero-order valence-electron chi connectivity index (χ0n) is 12.3. The minimum absolute atomic E-state index is 0.573. The van der Waals surface area contributed by atoms with Gasteiger partial charge < -0.3 is 15.0 Å². The molecule has 2 aromatic carbocycles. The van der Waals surface area contributed by atoms with Gasteiger partial charge in [-0.1, -0.05) is 18.2 Å². The van der Waals surface area contributed by atoms with Crippen LogP contribution in [0.2, 0.25) is 0 Å². The van der Waals surface area contributed by atoms with Crippen molar-refractivity contribution in [2.75, 3.05) is 12.8 Å². The van der Waals surface area contributed by atoms with Gasteiger partial charge in [0.2, 0.25) is 5.95 Å². The number of hydrogen-bond acceptors (Lipinski definition) is 3. The zero-order valence-corrected chi connectivity index (χ0v) is 12.3. The van der Waals surface area contributed by atoms with Gasteiger partial charge in [0.05, 0.1) is 18.1 Å². The van der Waals surface area contributed by atoms with Crippen molar-refractivity contribution < 1.29 is 4.74 Å². The molecule has 4 nitrogen and oxygen atoms in total. The molecule has 108 valence electrons. The summed E-state index contributed by atoms with van der Waals surface area (Å²) in [5.41, 5.74) is 10.6. The Balaban J connectivity index is 1.84. The van der Waals surface area contributed by atoms with Crippen LogP contribution in [0.15, 0.2) is 42.5 Å². The second kappa shape index (κ2) is 5.48. The summed E-state index contributed by atoms with van der Waals surface area (Å²) in [6.07, 6.45) is 0.910. The van der Waals surface area contributed by atoms with Crippen LogP contribution in [0.4, 0.5) is 5.95 Å². The van der Waals surface area contributed by atoms with Crippen molar-refractivity contribution in [1.82, 2.24) is 9.55 Å². The first-order valence-corrected chi connectivity index (χ1v) is 7.02. The molecule has 0 saturated heterocycles. The van der Waals surface area contributed by atoms with Crippen molar-refractivity contribution >= 4 is 17.0 Å². The van der Waals surface area contributed by atoms with E-state index in [1.807, 2.05) is 18.2 Å². The number of nitrogens with zero attached hydrogens (tertiary/aromatic N) is 2. The van der Waals surface area contributed by atoms with Crippen LogP contribution in [-0.2, 0) is 13.0 Å². The third-order valence-electron chi connectivity index (χ3n) is 3.72. The Morgan fingerprint density at radius 3 is 2.62 bits per heavy atom. The minimum atomic E-state index is 0.573. The normalized spacial score (nSPS) is 11.0. The van der Waals surface area contributed by atoms with Crippen molar-refractivity contribution in [3.63, 3.8) is 0 Å². The van der Waals surface area contributed by atoms with Gasteiger partial charge >= 0.3 is 0 Å². The van der Waals surface area contributed by atoms with Gasteiger partial charge in [0, 0.05) is 6.54 Å². The number of ether oxygens (including phenoxy) is 1. The number of fused-ring (bicyclic) bond motifs is 1. The molecule has 0 aliphatic heterocycles. The fourth-order valence-electron chi connectivity index (χ4n) is 2.52. The number of aryl methyl sites for hydroxylation is 3. The topological polar surface area (TPSA) is 53.1 Å². The number of methoxy groups -OCH3 is 1. The number of aromatic nitrogens is 2. The van der Waals surface area contributed by atoms with Gasteiger partial charge in [-0.3, -0.25) is 0 Å². The number of benzene rings is 2. The average molecular weight is 281 g/mol. The fraction of sp³-hybridized carbons (Fsp3) is 0.235. The maximum absolute atomic E-state index is 6.05. The molecular formula is C17H19N3O. The van der Waals surface area contributed by atoms with E-state index in [9.17, 15) is 0 Å². The Labute approximate surface area is 124 Å². The number of nitrogen functional groups attached to an aromatic ring is 1.